The second-order valence-corrected chi connectivity index (χ2v) is 5.56. The summed E-state index contributed by atoms with van der Waals surface area (Å²) in [6.45, 7) is 1.99. The molecule has 0 saturated carbocycles. The molecule has 0 radical (unpaired) electrons. The third-order valence-corrected chi connectivity index (χ3v) is 4.80. The van der Waals surface area contributed by atoms with Crippen molar-refractivity contribution in [1.82, 2.24) is 5.32 Å². The quantitative estimate of drug-likeness (QED) is 0.775. The Morgan fingerprint density at radius 2 is 2.07 bits per heavy atom. The van der Waals surface area contributed by atoms with Crippen LogP contribution < -0.4 is 5.32 Å². The molecule has 14 heavy (non-hydrogen) atoms. The lowest BCUT2D eigenvalue weighted by Crippen LogP contribution is -2.34. The van der Waals surface area contributed by atoms with Gasteiger partial charge in [-0.15, -0.1) is 0 Å². The molecule has 2 nitrogen and oxygen atoms in total. The van der Waals surface area contributed by atoms with E-state index in [2.05, 4.69) is 24.1 Å². The molecule has 0 bridgehead atoms. The first-order chi connectivity index (χ1) is 6.90. The first kappa shape index (κ1) is 10.8. The van der Waals surface area contributed by atoms with Crippen LogP contribution in [0.25, 0.3) is 0 Å². The van der Waals surface area contributed by atoms with Gasteiger partial charge >= 0.3 is 0 Å². The maximum atomic E-state index is 5.40. The minimum absolute atomic E-state index is 0.767. The van der Waals surface area contributed by atoms with Crippen molar-refractivity contribution in [1.29, 1.82) is 0 Å². The third kappa shape index (κ3) is 2.65. The number of thioether (sulfide) groups is 1. The van der Waals surface area contributed by atoms with Gasteiger partial charge in [-0.05, 0) is 43.9 Å². The topological polar surface area (TPSA) is 21.3 Å². The molecule has 0 aromatic rings. The molecule has 2 rings (SSSR count). The van der Waals surface area contributed by atoms with Crippen molar-refractivity contribution >= 4 is 11.8 Å². The van der Waals surface area contributed by atoms with Gasteiger partial charge in [0.05, 0.1) is 0 Å². The third-order valence-electron chi connectivity index (χ3n) is 3.55. The maximum Gasteiger partial charge on any atom is 0.0468 e. The molecule has 3 heteroatoms. The molecule has 1 N–H and O–H groups in total. The monoisotopic (exact) mass is 215 g/mol. The van der Waals surface area contributed by atoms with Gasteiger partial charge in [0.15, 0.2) is 0 Å². The summed E-state index contributed by atoms with van der Waals surface area (Å²) in [6.07, 6.45) is 4.00. The molecule has 0 spiro atoms. The first-order valence-electron chi connectivity index (χ1n) is 5.73. The first-order valence-corrected chi connectivity index (χ1v) is 6.88. The van der Waals surface area contributed by atoms with Crippen LogP contribution in [-0.2, 0) is 4.74 Å². The summed E-state index contributed by atoms with van der Waals surface area (Å²) in [4.78, 5) is 0. The highest BCUT2D eigenvalue weighted by Gasteiger charge is 2.29. The Kier molecular flexibility index (Phi) is 4.14. The Hall–Kier alpha value is 0.270. The smallest absolute Gasteiger partial charge is 0.0468 e. The van der Waals surface area contributed by atoms with Crippen LogP contribution in [0, 0.1) is 11.8 Å². The highest BCUT2D eigenvalue weighted by atomic mass is 32.2. The van der Waals surface area contributed by atoms with Gasteiger partial charge in [-0.1, -0.05) is 0 Å². The largest absolute Gasteiger partial charge is 0.381 e. The number of rotatable bonds is 3. The Morgan fingerprint density at radius 3 is 2.79 bits per heavy atom. The molecule has 2 aliphatic heterocycles. The van der Waals surface area contributed by atoms with E-state index in [0.29, 0.717) is 0 Å². The molecular weight excluding hydrogens is 194 g/mol. The predicted molar refractivity (Wildman–Crippen MR) is 61.8 cm³/mol. The summed E-state index contributed by atoms with van der Waals surface area (Å²) >= 11 is 2.11. The van der Waals surface area contributed by atoms with Crippen molar-refractivity contribution in [2.75, 3.05) is 31.8 Å². The Labute approximate surface area is 91.2 Å². The standard InChI is InChI=1S/C11H21NOS/c1-12-11-8-14-7-10(11)6-9-2-4-13-5-3-9/h9-12H,2-8H2,1H3. The fraction of sp³-hybridized carbons (Fsp3) is 1.00. The van der Waals surface area contributed by atoms with Crippen molar-refractivity contribution in [3.8, 4) is 0 Å². The lowest BCUT2D eigenvalue weighted by molar-refractivity contribution is 0.0585. The van der Waals surface area contributed by atoms with Crippen LogP contribution in [0.1, 0.15) is 19.3 Å². The zero-order valence-corrected chi connectivity index (χ0v) is 9.81. The summed E-state index contributed by atoms with van der Waals surface area (Å²) in [5.74, 6) is 4.52. The average molecular weight is 215 g/mol. The normalized spacial score (nSPS) is 34.9. The van der Waals surface area contributed by atoms with Crippen LogP contribution in [0.3, 0.4) is 0 Å². The van der Waals surface area contributed by atoms with Gasteiger partial charge in [-0.25, -0.2) is 0 Å². The Bertz CT molecular complexity index is 171. The van der Waals surface area contributed by atoms with Crippen molar-refractivity contribution in [2.24, 2.45) is 11.8 Å². The average Bonchev–Trinajstić information content (AvgIpc) is 2.67. The summed E-state index contributed by atoms with van der Waals surface area (Å²) < 4.78 is 5.40. The minimum Gasteiger partial charge on any atom is -0.381 e. The van der Waals surface area contributed by atoms with E-state index in [1.807, 2.05) is 0 Å². The van der Waals surface area contributed by atoms with Gasteiger partial charge in [-0.2, -0.15) is 11.8 Å². The highest BCUT2D eigenvalue weighted by Crippen LogP contribution is 2.32. The zero-order chi connectivity index (χ0) is 9.80. The van der Waals surface area contributed by atoms with E-state index in [1.54, 1.807) is 0 Å². The van der Waals surface area contributed by atoms with Crippen molar-refractivity contribution < 1.29 is 4.74 Å². The van der Waals surface area contributed by atoms with Crippen LogP contribution in [0.5, 0.6) is 0 Å². The molecule has 0 aliphatic carbocycles. The molecule has 2 fully saturated rings. The van der Waals surface area contributed by atoms with E-state index in [9.17, 15) is 0 Å². The lowest BCUT2D eigenvalue weighted by atomic mass is 9.87. The second kappa shape index (κ2) is 5.38. The van der Waals surface area contributed by atoms with Gasteiger partial charge in [0.2, 0.25) is 0 Å². The van der Waals surface area contributed by atoms with Gasteiger partial charge in [0, 0.05) is 25.0 Å². The molecule has 0 aromatic heterocycles. The molecule has 2 saturated heterocycles. The number of ether oxygens (including phenoxy) is 1. The van der Waals surface area contributed by atoms with Gasteiger partial charge in [0.25, 0.3) is 0 Å². The van der Waals surface area contributed by atoms with Gasteiger partial charge in [0.1, 0.15) is 0 Å². The van der Waals surface area contributed by atoms with Gasteiger partial charge < -0.3 is 10.1 Å². The molecule has 2 atom stereocenters. The fourth-order valence-electron chi connectivity index (χ4n) is 2.56. The molecule has 2 heterocycles. The maximum absolute atomic E-state index is 5.40. The minimum atomic E-state index is 0.767. The SMILES string of the molecule is CNC1CSCC1CC1CCOCC1. The highest BCUT2D eigenvalue weighted by molar-refractivity contribution is 7.99. The van der Waals surface area contributed by atoms with Crippen LogP contribution >= 0.6 is 11.8 Å². The predicted octanol–water partition coefficient (Wildman–Crippen LogP) is 1.75. The Morgan fingerprint density at radius 1 is 1.29 bits per heavy atom. The van der Waals surface area contributed by atoms with Crippen molar-refractivity contribution in [2.45, 2.75) is 25.3 Å². The molecule has 82 valence electrons. The van der Waals surface area contributed by atoms with E-state index in [0.717, 1.165) is 31.1 Å². The van der Waals surface area contributed by atoms with E-state index in [1.165, 1.54) is 30.8 Å². The second-order valence-electron chi connectivity index (χ2n) is 4.48. The number of hydrogen-bond donors (Lipinski definition) is 1. The van der Waals surface area contributed by atoms with E-state index in [4.69, 9.17) is 4.74 Å². The van der Waals surface area contributed by atoms with E-state index >= 15 is 0 Å². The van der Waals surface area contributed by atoms with Crippen molar-refractivity contribution in [3.05, 3.63) is 0 Å². The number of nitrogens with one attached hydrogen (secondary N) is 1. The summed E-state index contributed by atoms with van der Waals surface area (Å²) in [5.41, 5.74) is 0. The molecule has 2 unspecified atom stereocenters. The molecular formula is C11H21NOS. The summed E-state index contributed by atoms with van der Waals surface area (Å²) in [5, 5.41) is 3.45. The van der Waals surface area contributed by atoms with Crippen LogP contribution in [0.15, 0.2) is 0 Å². The fourth-order valence-corrected chi connectivity index (χ4v) is 4.06. The zero-order valence-electron chi connectivity index (χ0n) is 9.00. The van der Waals surface area contributed by atoms with Crippen LogP contribution in [0.4, 0.5) is 0 Å². The van der Waals surface area contributed by atoms with Crippen LogP contribution in [-0.4, -0.2) is 37.8 Å². The summed E-state index contributed by atoms with van der Waals surface area (Å²) in [6, 6.07) is 0.767. The molecule has 0 aromatic carbocycles. The lowest BCUT2D eigenvalue weighted by Gasteiger charge is -2.27. The molecule has 0 amide bonds. The van der Waals surface area contributed by atoms with E-state index < -0.39 is 0 Å². The summed E-state index contributed by atoms with van der Waals surface area (Å²) in [7, 11) is 2.10. The molecule has 2 aliphatic rings. The Balaban J connectivity index is 1.77. The van der Waals surface area contributed by atoms with Crippen molar-refractivity contribution in [3.63, 3.8) is 0 Å². The van der Waals surface area contributed by atoms with Gasteiger partial charge in [-0.3, -0.25) is 0 Å². The van der Waals surface area contributed by atoms with E-state index in [-0.39, 0.29) is 0 Å². The number of hydrogen-bond acceptors (Lipinski definition) is 3. The van der Waals surface area contributed by atoms with Crippen LogP contribution in [0.2, 0.25) is 0 Å².